The van der Waals surface area contributed by atoms with Crippen LogP contribution in [0.25, 0.3) is 0 Å². The third-order valence-electron chi connectivity index (χ3n) is 3.02. The Hall–Kier alpha value is -0.900. The summed E-state index contributed by atoms with van der Waals surface area (Å²) < 4.78 is 0. The van der Waals surface area contributed by atoms with Gasteiger partial charge in [-0.15, -0.1) is 35.3 Å². The molecule has 0 bridgehead atoms. The number of nitrogens with one attached hydrogen (secondary N) is 3. The molecule has 0 fully saturated rings. The molecular weight excluding hydrogens is 425 g/mol. The number of aromatic nitrogens is 1. The van der Waals surface area contributed by atoms with Crippen LogP contribution >= 0.6 is 35.3 Å². The van der Waals surface area contributed by atoms with Gasteiger partial charge in [-0.1, -0.05) is 20.8 Å². The predicted molar refractivity (Wildman–Crippen MR) is 108 cm³/mol. The SMILES string of the molecule is CN=C(NCCNC(=O)C(C)(C)C)NCc1sc(C)nc1C.I. The Labute approximate surface area is 160 Å². The normalized spacial score (nSPS) is 11.7. The molecule has 1 aromatic heterocycles. The van der Waals surface area contributed by atoms with E-state index in [0.717, 1.165) is 16.7 Å². The zero-order valence-corrected chi connectivity index (χ0v) is 17.9. The molecule has 0 unspecified atom stereocenters. The van der Waals surface area contributed by atoms with Crippen LogP contribution in [0.1, 0.15) is 36.3 Å². The van der Waals surface area contributed by atoms with Crippen molar-refractivity contribution in [3.8, 4) is 0 Å². The van der Waals surface area contributed by atoms with Gasteiger partial charge in [0.25, 0.3) is 0 Å². The number of rotatable bonds is 5. The zero-order valence-electron chi connectivity index (χ0n) is 14.7. The van der Waals surface area contributed by atoms with Gasteiger partial charge in [-0.2, -0.15) is 0 Å². The van der Waals surface area contributed by atoms with E-state index in [1.54, 1.807) is 18.4 Å². The zero-order chi connectivity index (χ0) is 16.8. The standard InChI is InChI=1S/C15H27N5OS.HI/c1-10-12(22-11(2)20-10)9-19-14(16-6)18-8-7-17-13(21)15(3,4)5;/h7-9H2,1-6H3,(H,17,21)(H2,16,18,19);1H. The van der Waals surface area contributed by atoms with Gasteiger partial charge in [0.1, 0.15) is 0 Å². The number of carbonyl (C=O) groups is 1. The summed E-state index contributed by atoms with van der Waals surface area (Å²) in [6.07, 6.45) is 0. The molecule has 0 aliphatic heterocycles. The summed E-state index contributed by atoms with van der Waals surface area (Å²) in [6, 6.07) is 0. The van der Waals surface area contributed by atoms with E-state index in [9.17, 15) is 4.79 Å². The first kappa shape index (κ1) is 22.1. The van der Waals surface area contributed by atoms with Crippen LogP contribution in [0.5, 0.6) is 0 Å². The molecule has 0 aliphatic carbocycles. The minimum atomic E-state index is -0.360. The lowest BCUT2D eigenvalue weighted by molar-refractivity contribution is -0.128. The molecule has 3 N–H and O–H groups in total. The first-order valence-electron chi connectivity index (χ1n) is 7.39. The first-order chi connectivity index (χ1) is 10.2. The fraction of sp³-hybridized carbons (Fsp3) is 0.667. The molecule has 1 amide bonds. The molecule has 132 valence electrons. The van der Waals surface area contributed by atoms with E-state index in [2.05, 4.69) is 25.9 Å². The Balaban J connectivity index is 0.00000484. The number of guanidine groups is 1. The molecule has 0 saturated carbocycles. The second-order valence-electron chi connectivity index (χ2n) is 6.10. The Bertz CT molecular complexity index is 536. The molecule has 0 atom stereocenters. The Morgan fingerprint density at radius 1 is 1.17 bits per heavy atom. The van der Waals surface area contributed by atoms with Gasteiger partial charge < -0.3 is 16.0 Å². The Morgan fingerprint density at radius 2 is 1.78 bits per heavy atom. The van der Waals surface area contributed by atoms with Gasteiger partial charge in [-0.25, -0.2) is 4.98 Å². The van der Waals surface area contributed by atoms with Crippen LogP contribution in [0.2, 0.25) is 0 Å². The first-order valence-corrected chi connectivity index (χ1v) is 8.21. The van der Waals surface area contributed by atoms with Crippen molar-refractivity contribution in [3.63, 3.8) is 0 Å². The summed E-state index contributed by atoms with van der Waals surface area (Å²) in [5, 5.41) is 10.4. The summed E-state index contributed by atoms with van der Waals surface area (Å²) in [7, 11) is 1.73. The van der Waals surface area contributed by atoms with E-state index < -0.39 is 0 Å². The van der Waals surface area contributed by atoms with Crippen molar-refractivity contribution >= 4 is 47.2 Å². The molecule has 6 nitrogen and oxygen atoms in total. The fourth-order valence-corrected chi connectivity index (χ4v) is 2.62. The minimum Gasteiger partial charge on any atom is -0.355 e. The second kappa shape index (κ2) is 10.1. The van der Waals surface area contributed by atoms with Crippen LogP contribution < -0.4 is 16.0 Å². The van der Waals surface area contributed by atoms with Crippen LogP contribution in [-0.4, -0.2) is 37.0 Å². The largest absolute Gasteiger partial charge is 0.355 e. The van der Waals surface area contributed by atoms with Gasteiger partial charge in [0, 0.05) is 30.4 Å². The van der Waals surface area contributed by atoms with Crippen molar-refractivity contribution in [2.45, 2.75) is 41.2 Å². The number of hydrogen-bond acceptors (Lipinski definition) is 4. The van der Waals surface area contributed by atoms with E-state index in [1.165, 1.54) is 4.88 Å². The van der Waals surface area contributed by atoms with Crippen molar-refractivity contribution < 1.29 is 4.79 Å². The van der Waals surface area contributed by atoms with Crippen molar-refractivity contribution in [3.05, 3.63) is 15.6 Å². The number of aliphatic imine (C=N–C) groups is 1. The monoisotopic (exact) mass is 453 g/mol. The highest BCUT2D eigenvalue weighted by atomic mass is 127. The van der Waals surface area contributed by atoms with Gasteiger partial charge in [0.05, 0.1) is 17.2 Å². The minimum absolute atomic E-state index is 0. The number of thiazole rings is 1. The van der Waals surface area contributed by atoms with E-state index in [0.29, 0.717) is 19.6 Å². The molecule has 8 heteroatoms. The smallest absolute Gasteiger partial charge is 0.225 e. The summed E-state index contributed by atoms with van der Waals surface area (Å²) in [4.78, 5) is 21.5. The number of halogens is 1. The number of amides is 1. The number of nitrogens with zero attached hydrogens (tertiary/aromatic N) is 2. The highest BCUT2D eigenvalue weighted by molar-refractivity contribution is 14.0. The van der Waals surface area contributed by atoms with Crippen LogP contribution in [0.4, 0.5) is 0 Å². The van der Waals surface area contributed by atoms with Crippen molar-refractivity contribution in [2.75, 3.05) is 20.1 Å². The van der Waals surface area contributed by atoms with Crippen LogP contribution in [0, 0.1) is 19.3 Å². The van der Waals surface area contributed by atoms with Crippen molar-refractivity contribution in [2.24, 2.45) is 10.4 Å². The summed E-state index contributed by atoms with van der Waals surface area (Å²) in [5.74, 6) is 0.767. The van der Waals surface area contributed by atoms with Gasteiger partial charge in [0.15, 0.2) is 5.96 Å². The molecule has 0 radical (unpaired) electrons. The van der Waals surface area contributed by atoms with Crippen molar-refractivity contribution in [1.82, 2.24) is 20.9 Å². The summed E-state index contributed by atoms with van der Waals surface area (Å²) >= 11 is 1.69. The van der Waals surface area contributed by atoms with Gasteiger partial charge in [0.2, 0.25) is 5.91 Å². The van der Waals surface area contributed by atoms with E-state index in [-0.39, 0.29) is 35.3 Å². The van der Waals surface area contributed by atoms with Crippen molar-refractivity contribution in [1.29, 1.82) is 0 Å². The molecule has 0 aromatic carbocycles. The van der Waals surface area contributed by atoms with Crippen LogP contribution in [0.3, 0.4) is 0 Å². The van der Waals surface area contributed by atoms with Crippen LogP contribution in [-0.2, 0) is 11.3 Å². The number of hydrogen-bond donors (Lipinski definition) is 3. The molecule has 0 saturated heterocycles. The maximum absolute atomic E-state index is 11.7. The average molecular weight is 453 g/mol. The third-order valence-corrected chi connectivity index (χ3v) is 4.10. The lowest BCUT2D eigenvalue weighted by Crippen LogP contribution is -2.43. The Kier molecular flexibility index (Phi) is 9.67. The van der Waals surface area contributed by atoms with Gasteiger partial charge in [-0.05, 0) is 13.8 Å². The fourth-order valence-electron chi connectivity index (χ4n) is 1.74. The molecule has 1 heterocycles. The number of aryl methyl sites for hydroxylation is 2. The lowest BCUT2D eigenvalue weighted by atomic mass is 9.96. The van der Waals surface area contributed by atoms with Gasteiger partial charge in [-0.3, -0.25) is 9.79 Å². The number of carbonyl (C=O) groups excluding carboxylic acids is 1. The topological polar surface area (TPSA) is 78.4 Å². The average Bonchev–Trinajstić information content (AvgIpc) is 2.74. The highest BCUT2D eigenvalue weighted by Crippen LogP contribution is 2.16. The molecule has 0 spiro atoms. The molecular formula is C15H28IN5OS. The quantitative estimate of drug-likeness (QED) is 0.277. The molecule has 0 aliphatic rings. The highest BCUT2D eigenvalue weighted by Gasteiger charge is 2.20. The summed E-state index contributed by atoms with van der Waals surface area (Å²) in [6.45, 7) is 11.6. The predicted octanol–water partition coefficient (Wildman–Crippen LogP) is 2.21. The maximum Gasteiger partial charge on any atom is 0.225 e. The van der Waals surface area contributed by atoms with E-state index >= 15 is 0 Å². The van der Waals surface area contributed by atoms with Crippen LogP contribution in [0.15, 0.2) is 4.99 Å². The molecule has 1 rings (SSSR count). The molecule has 1 aromatic rings. The Morgan fingerprint density at radius 3 is 2.26 bits per heavy atom. The van der Waals surface area contributed by atoms with E-state index in [1.807, 2.05) is 34.6 Å². The summed E-state index contributed by atoms with van der Waals surface area (Å²) in [5.41, 5.74) is 0.699. The third kappa shape index (κ3) is 7.96. The molecule has 23 heavy (non-hydrogen) atoms. The van der Waals surface area contributed by atoms with Gasteiger partial charge >= 0.3 is 0 Å². The second-order valence-corrected chi connectivity index (χ2v) is 7.39. The lowest BCUT2D eigenvalue weighted by Gasteiger charge is -2.18. The van der Waals surface area contributed by atoms with E-state index in [4.69, 9.17) is 0 Å². The maximum atomic E-state index is 11.7.